The SMILES string of the molecule is O=S1(=O)CCC(N2CCN(Cc3cc(Cl)ccc3OCc3cccnc3)CC2)C1. The molecule has 1 unspecified atom stereocenters. The minimum Gasteiger partial charge on any atom is -0.489 e. The molecule has 2 saturated heterocycles. The first-order valence-corrected chi connectivity index (χ1v) is 12.2. The van der Waals surface area contributed by atoms with Crippen molar-refractivity contribution in [2.45, 2.75) is 25.6 Å². The van der Waals surface area contributed by atoms with Crippen molar-refractivity contribution in [3.05, 3.63) is 58.9 Å². The van der Waals surface area contributed by atoms with E-state index in [4.69, 9.17) is 16.3 Å². The van der Waals surface area contributed by atoms with Crippen LogP contribution in [-0.4, -0.2) is 66.9 Å². The van der Waals surface area contributed by atoms with Crippen LogP contribution >= 0.6 is 11.6 Å². The number of benzene rings is 1. The molecule has 0 bridgehead atoms. The number of halogens is 1. The van der Waals surface area contributed by atoms with Crippen LogP contribution in [0, 0.1) is 0 Å². The van der Waals surface area contributed by atoms with Crippen LogP contribution in [0.5, 0.6) is 5.75 Å². The molecular formula is C21H26ClN3O3S. The molecule has 1 aromatic heterocycles. The van der Waals surface area contributed by atoms with E-state index in [9.17, 15) is 8.42 Å². The lowest BCUT2D eigenvalue weighted by atomic mass is 10.1. The van der Waals surface area contributed by atoms with Crippen molar-refractivity contribution in [1.82, 2.24) is 14.8 Å². The molecule has 156 valence electrons. The summed E-state index contributed by atoms with van der Waals surface area (Å²) in [7, 11) is -2.84. The average molecular weight is 436 g/mol. The van der Waals surface area contributed by atoms with E-state index in [1.165, 1.54) is 0 Å². The molecule has 3 heterocycles. The second-order valence-electron chi connectivity index (χ2n) is 7.77. The number of hydrogen-bond acceptors (Lipinski definition) is 6. The molecule has 1 aromatic carbocycles. The summed E-state index contributed by atoms with van der Waals surface area (Å²) in [5.41, 5.74) is 2.09. The smallest absolute Gasteiger partial charge is 0.151 e. The highest BCUT2D eigenvalue weighted by molar-refractivity contribution is 7.91. The van der Waals surface area contributed by atoms with E-state index in [0.29, 0.717) is 23.1 Å². The maximum atomic E-state index is 11.8. The van der Waals surface area contributed by atoms with Crippen molar-refractivity contribution in [2.24, 2.45) is 0 Å². The van der Waals surface area contributed by atoms with Gasteiger partial charge in [-0.05, 0) is 30.7 Å². The van der Waals surface area contributed by atoms with E-state index >= 15 is 0 Å². The van der Waals surface area contributed by atoms with Crippen molar-refractivity contribution < 1.29 is 13.2 Å². The number of rotatable bonds is 6. The van der Waals surface area contributed by atoms with Crippen molar-refractivity contribution >= 4 is 21.4 Å². The molecule has 1 atom stereocenters. The van der Waals surface area contributed by atoms with Crippen LogP contribution in [0.3, 0.4) is 0 Å². The third-order valence-corrected chi connectivity index (χ3v) is 7.65. The Hall–Kier alpha value is -1.67. The Morgan fingerprint density at radius 3 is 2.69 bits per heavy atom. The van der Waals surface area contributed by atoms with Crippen LogP contribution in [0.2, 0.25) is 5.02 Å². The maximum Gasteiger partial charge on any atom is 0.151 e. The van der Waals surface area contributed by atoms with Crippen molar-refractivity contribution in [3.63, 3.8) is 0 Å². The lowest BCUT2D eigenvalue weighted by molar-refractivity contribution is 0.0992. The molecule has 0 spiro atoms. The molecule has 2 aliphatic rings. The van der Waals surface area contributed by atoms with Crippen LogP contribution < -0.4 is 4.74 Å². The van der Waals surface area contributed by atoms with Gasteiger partial charge in [-0.15, -0.1) is 0 Å². The fourth-order valence-electron chi connectivity index (χ4n) is 4.05. The molecular weight excluding hydrogens is 410 g/mol. The third kappa shape index (κ3) is 5.48. The minimum absolute atomic E-state index is 0.187. The number of ether oxygens (including phenoxy) is 1. The maximum absolute atomic E-state index is 11.8. The number of nitrogens with zero attached hydrogens (tertiary/aromatic N) is 3. The molecule has 29 heavy (non-hydrogen) atoms. The molecule has 2 aliphatic heterocycles. The molecule has 0 aliphatic carbocycles. The Bertz CT molecular complexity index is 931. The zero-order valence-electron chi connectivity index (χ0n) is 16.3. The van der Waals surface area contributed by atoms with Crippen LogP contribution in [0.15, 0.2) is 42.7 Å². The summed E-state index contributed by atoms with van der Waals surface area (Å²) in [5, 5.41) is 0.698. The summed E-state index contributed by atoms with van der Waals surface area (Å²) in [4.78, 5) is 8.83. The summed E-state index contributed by atoms with van der Waals surface area (Å²) < 4.78 is 29.6. The molecule has 0 radical (unpaired) electrons. The molecule has 0 N–H and O–H groups in total. The van der Waals surface area contributed by atoms with E-state index in [1.807, 2.05) is 30.3 Å². The second-order valence-corrected chi connectivity index (χ2v) is 10.4. The zero-order chi connectivity index (χ0) is 20.3. The molecule has 2 fully saturated rings. The first kappa shape index (κ1) is 20.6. The lowest BCUT2D eigenvalue weighted by Gasteiger charge is -2.37. The van der Waals surface area contributed by atoms with Crippen LogP contribution in [-0.2, 0) is 23.0 Å². The largest absolute Gasteiger partial charge is 0.489 e. The van der Waals surface area contributed by atoms with Gasteiger partial charge in [-0.25, -0.2) is 8.42 Å². The number of sulfone groups is 1. The van der Waals surface area contributed by atoms with Gasteiger partial charge < -0.3 is 4.74 Å². The van der Waals surface area contributed by atoms with E-state index in [0.717, 1.165) is 56.0 Å². The number of piperazine rings is 1. The van der Waals surface area contributed by atoms with E-state index in [1.54, 1.807) is 12.4 Å². The van der Waals surface area contributed by atoms with Crippen LogP contribution in [0.1, 0.15) is 17.5 Å². The average Bonchev–Trinajstić information content (AvgIpc) is 3.08. The van der Waals surface area contributed by atoms with Gasteiger partial charge in [0.1, 0.15) is 12.4 Å². The number of hydrogen-bond donors (Lipinski definition) is 0. The molecule has 4 rings (SSSR count). The van der Waals surface area contributed by atoms with E-state index in [2.05, 4.69) is 14.8 Å². The Balaban J connectivity index is 1.35. The highest BCUT2D eigenvalue weighted by Gasteiger charge is 2.33. The first-order valence-electron chi connectivity index (χ1n) is 9.95. The van der Waals surface area contributed by atoms with Gasteiger partial charge in [-0.1, -0.05) is 17.7 Å². The van der Waals surface area contributed by atoms with E-state index < -0.39 is 9.84 Å². The molecule has 2 aromatic rings. The predicted octanol–water partition coefficient (Wildman–Crippen LogP) is 2.62. The van der Waals surface area contributed by atoms with Gasteiger partial charge >= 0.3 is 0 Å². The van der Waals surface area contributed by atoms with E-state index in [-0.39, 0.29) is 6.04 Å². The monoisotopic (exact) mass is 435 g/mol. The quantitative estimate of drug-likeness (QED) is 0.695. The standard InChI is InChI=1S/C21H26ClN3O3S/c22-19-3-4-21(28-15-17-2-1-6-23-13-17)18(12-19)14-24-7-9-25(10-8-24)20-5-11-29(26,27)16-20/h1-4,6,12-13,20H,5,7-11,14-16H2. The topological polar surface area (TPSA) is 62.7 Å². The highest BCUT2D eigenvalue weighted by Crippen LogP contribution is 2.26. The molecule has 6 nitrogen and oxygen atoms in total. The second kappa shape index (κ2) is 9.00. The highest BCUT2D eigenvalue weighted by atomic mass is 35.5. The molecule has 0 saturated carbocycles. The van der Waals surface area contributed by atoms with Crippen molar-refractivity contribution in [1.29, 1.82) is 0 Å². The Morgan fingerprint density at radius 2 is 2.00 bits per heavy atom. The van der Waals surface area contributed by atoms with Gasteiger partial charge in [0.25, 0.3) is 0 Å². The van der Waals surface area contributed by atoms with Crippen LogP contribution in [0.25, 0.3) is 0 Å². The van der Waals surface area contributed by atoms with Gasteiger partial charge in [0.05, 0.1) is 11.5 Å². The van der Waals surface area contributed by atoms with Crippen molar-refractivity contribution in [2.75, 3.05) is 37.7 Å². The first-order chi connectivity index (χ1) is 14.0. The van der Waals surface area contributed by atoms with Crippen molar-refractivity contribution in [3.8, 4) is 5.75 Å². The summed E-state index contributed by atoms with van der Waals surface area (Å²) >= 11 is 6.24. The predicted molar refractivity (Wildman–Crippen MR) is 114 cm³/mol. The third-order valence-electron chi connectivity index (χ3n) is 5.67. The van der Waals surface area contributed by atoms with Gasteiger partial charge in [-0.2, -0.15) is 0 Å². The van der Waals surface area contributed by atoms with Gasteiger partial charge in [0, 0.05) is 67.3 Å². The Morgan fingerprint density at radius 1 is 1.17 bits per heavy atom. The van der Waals surface area contributed by atoms with Gasteiger partial charge in [0.2, 0.25) is 0 Å². The number of aromatic nitrogens is 1. The summed E-state index contributed by atoms with van der Waals surface area (Å²) in [6, 6.07) is 9.82. The van der Waals surface area contributed by atoms with Gasteiger partial charge in [-0.3, -0.25) is 14.8 Å². The summed E-state index contributed by atoms with van der Waals surface area (Å²) in [6.45, 7) is 4.83. The fourth-order valence-corrected chi connectivity index (χ4v) is 6.00. The van der Waals surface area contributed by atoms with Crippen LogP contribution in [0.4, 0.5) is 0 Å². The normalized spacial score (nSPS) is 22.6. The van der Waals surface area contributed by atoms with Gasteiger partial charge in [0.15, 0.2) is 9.84 Å². The Kier molecular flexibility index (Phi) is 6.39. The zero-order valence-corrected chi connectivity index (χ0v) is 17.9. The lowest BCUT2D eigenvalue weighted by Crippen LogP contribution is -2.50. The summed E-state index contributed by atoms with van der Waals surface area (Å²) in [5.74, 6) is 1.48. The Labute approximate surface area is 177 Å². The molecule has 8 heteroatoms. The minimum atomic E-state index is -2.84. The fraction of sp³-hybridized carbons (Fsp3) is 0.476. The molecule has 0 amide bonds. The number of pyridine rings is 1. The summed E-state index contributed by atoms with van der Waals surface area (Å²) in [6.07, 6.45) is 4.32.